The number of fused-ring (bicyclic) bond motifs is 1. The lowest BCUT2D eigenvalue weighted by atomic mass is 9.78. The fourth-order valence-electron chi connectivity index (χ4n) is 4.01. The normalized spacial score (nSPS) is 15.2. The molecular formula is C23H27NO9. The second-order valence-electron chi connectivity index (χ2n) is 7.18. The van der Waals surface area contributed by atoms with E-state index in [2.05, 4.69) is 5.32 Å². The van der Waals surface area contributed by atoms with Gasteiger partial charge < -0.3 is 33.7 Å². The Morgan fingerprint density at radius 3 is 1.97 bits per heavy atom. The SMILES string of the molecule is CCOC(=O)C1=C(C)NC(C)=C(C(=O)OCC)C1c1cc(OC)c2c(c1C(=O)OC)OCO2. The van der Waals surface area contributed by atoms with E-state index >= 15 is 0 Å². The molecule has 10 heteroatoms. The number of carbonyl (C=O) groups excluding carboxylic acids is 3. The summed E-state index contributed by atoms with van der Waals surface area (Å²) in [6.07, 6.45) is 0. The van der Waals surface area contributed by atoms with E-state index < -0.39 is 23.8 Å². The lowest BCUT2D eigenvalue weighted by Crippen LogP contribution is -2.33. The Morgan fingerprint density at radius 2 is 1.48 bits per heavy atom. The Bertz CT molecular complexity index is 1010. The van der Waals surface area contributed by atoms with Gasteiger partial charge in [-0.3, -0.25) is 0 Å². The van der Waals surface area contributed by atoms with Crippen molar-refractivity contribution in [2.24, 2.45) is 0 Å². The highest BCUT2D eigenvalue weighted by molar-refractivity contribution is 6.03. The fraction of sp³-hybridized carbons (Fsp3) is 0.435. The Hall–Kier alpha value is -3.69. The largest absolute Gasteiger partial charge is 0.493 e. The number of nitrogens with one attached hydrogen (secondary N) is 1. The lowest BCUT2D eigenvalue weighted by molar-refractivity contribution is -0.139. The molecule has 1 aromatic carbocycles. The monoisotopic (exact) mass is 461 g/mol. The first kappa shape index (κ1) is 24.0. The number of dihydropyridines is 1. The van der Waals surface area contributed by atoms with Gasteiger partial charge in [-0.15, -0.1) is 0 Å². The predicted octanol–water partition coefficient (Wildman–Crippen LogP) is 2.57. The third kappa shape index (κ3) is 4.20. The number of allylic oxidation sites excluding steroid dienone is 2. The van der Waals surface area contributed by atoms with Crippen molar-refractivity contribution in [1.82, 2.24) is 5.32 Å². The van der Waals surface area contributed by atoms with Gasteiger partial charge in [0.25, 0.3) is 0 Å². The van der Waals surface area contributed by atoms with Crippen LogP contribution in [0.5, 0.6) is 17.2 Å². The zero-order valence-electron chi connectivity index (χ0n) is 19.5. The molecular weight excluding hydrogens is 434 g/mol. The molecule has 178 valence electrons. The number of esters is 3. The van der Waals surface area contributed by atoms with Gasteiger partial charge in [0.1, 0.15) is 5.56 Å². The van der Waals surface area contributed by atoms with E-state index in [-0.39, 0.29) is 59.5 Å². The van der Waals surface area contributed by atoms with Crippen molar-refractivity contribution in [2.45, 2.75) is 33.6 Å². The summed E-state index contributed by atoms with van der Waals surface area (Å²) in [5.74, 6) is -2.44. The molecule has 1 N–H and O–H groups in total. The number of carbonyl (C=O) groups is 3. The van der Waals surface area contributed by atoms with Crippen molar-refractivity contribution in [1.29, 1.82) is 0 Å². The van der Waals surface area contributed by atoms with Crippen molar-refractivity contribution in [2.75, 3.05) is 34.2 Å². The van der Waals surface area contributed by atoms with Crippen molar-refractivity contribution in [3.8, 4) is 17.2 Å². The zero-order valence-corrected chi connectivity index (χ0v) is 19.5. The van der Waals surface area contributed by atoms with Crippen LogP contribution in [0.1, 0.15) is 49.5 Å². The highest BCUT2D eigenvalue weighted by atomic mass is 16.7. The topological polar surface area (TPSA) is 119 Å². The molecule has 10 nitrogen and oxygen atoms in total. The standard InChI is InChI=1S/C23H27NO9/c1-7-30-22(26)15-11(3)24-12(4)16(23(27)31-8-2)17(15)13-9-14(28-5)19-20(33-10-32-19)18(13)21(25)29-6/h9,17,24H,7-8,10H2,1-6H3. The minimum absolute atomic E-state index is 0.0156. The molecule has 0 atom stereocenters. The number of ether oxygens (including phenoxy) is 6. The molecule has 0 unspecified atom stereocenters. The molecule has 3 rings (SSSR count). The molecule has 0 spiro atoms. The second-order valence-corrected chi connectivity index (χ2v) is 7.18. The van der Waals surface area contributed by atoms with Crippen LogP contribution in [0, 0.1) is 0 Å². The Kier molecular flexibility index (Phi) is 7.15. The molecule has 1 aromatic rings. The molecule has 0 radical (unpaired) electrons. The van der Waals surface area contributed by atoms with Crippen molar-refractivity contribution < 1.29 is 42.8 Å². The summed E-state index contributed by atoms with van der Waals surface area (Å²) >= 11 is 0. The predicted molar refractivity (Wildman–Crippen MR) is 115 cm³/mol. The van der Waals surface area contributed by atoms with E-state index in [0.717, 1.165) is 0 Å². The van der Waals surface area contributed by atoms with Crippen LogP contribution in [0.25, 0.3) is 0 Å². The van der Waals surface area contributed by atoms with Gasteiger partial charge in [-0.2, -0.15) is 0 Å². The van der Waals surface area contributed by atoms with Crippen LogP contribution in [-0.2, 0) is 23.8 Å². The van der Waals surface area contributed by atoms with E-state index in [0.29, 0.717) is 11.4 Å². The maximum absolute atomic E-state index is 13.1. The van der Waals surface area contributed by atoms with Gasteiger partial charge in [0.05, 0.1) is 44.5 Å². The smallest absolute Gasteiger partial charge is 0.342 e. The maximum Gasteiger partial charge on any atom is 0.342 e. The van der Waals surface area contributed by atoms with Crippen molar-refractivity contribution >= 4 is 17.9 Å². The summed E-state index contributed by atoms with van der Waals surface area (Å²) in [5.41, 5.74) is 1.51. The van der Waals surface area contributed by atoms with Gasteiger partial charge >= 0.3 is 17.9 Å². The van der Waals surface area contributed by atoms with Gasteiger partial charge in [0.15, 0.2) is 11.5 Å². The summed E-state index contributed by atoms with van der Waals surface area (Å²) in [6, 6.07) is 1.54. The number of rotatable bonds is 7. The first-order valence-electron chi connectivity index (χ1n) is 10.4. The highest BCUT2D eigenvalue weighted by Gasteiger charge is 2.42. The zero-order chi connectivity index (χ0) is 24.3. The van der Waals surface area contributed by atoms with Crippen LogP contribution in [0.15, 0.2) is 28.6 Å². The Labute approximate surface area is 191 Å². The van der Waals surface area contributed by atoms with Gasteiger partial charge in [-0.25, -0.2) is 14.4 Å². The molecule has 0 aromatic heterocycles. The Balaban J connectivity index is 2.39. The maximum atomic E-state index is 13.1. The lowest BCUT2D eigenvalue weighted by Gasteiger charge is -2.31. The summed E-state index contributed by atoms with van der Waals surface area (Å²) in [6.45, 7) is 6.83. The van der Waals surface area contributed by atoms with Crippen LogP contribution in [-0.4, -0.2) is 52.1 Å². The van der Waals surface area contributed by atoms with Crippen LogP contribution in [0.4, 0.5) is 0 Å². The summed E-state index contributed by atoms with van der Waals surface area (Å²) in [7, 11) is 2.66. The number of methoxy groups -OCH3 is 2. The van der Waals surface area contributed by atoms with Crippen LogP contribution in [0.3, 0.4) is 0 Å². The first-order chi connectivity index (χ1) is 15.8. The minimum atomic E-state index is -1.03. The molecule has 0 fully saturated rings. The average Bonchev–Trinajstić information content (AvgIpc) is 3.26. The molecule has 2 heterocycles. The van der Waals surface area contributed by atoms with Crippen molar-refractivity contribution in [3.63, 3.8) is 0 Å². The number of hydrogen-bond donors (Lipinski definition) is 1. The van der Waals surface area contributed by atoms with E-state index in [1.165, 1.54) is 20.3 Å². The van der Waals surface area contributed by atoms with E-state index in [4.69, 9.17) is 28.4 Å². The second kappa shape index (κ2) is 9.85. The quantitative estimate of drug-likeness (QED) is 0.479. The van der Waals surface area contributed by atoms with Gasteiger partial charge in [-0.1, -0.05) is 0 Å². The van der Waals surface area contributed by atoms with Crippen molar-refractivity contribution in [3.05, 3.63) is 39.7 Å². The van der Waals surface area contributed by atoms with Gasteiger partial charge in [0.2, 0.25) is 12.5 Å². The minimum Gasteiger partial charge on any atom is -0.493 e. The Morgan fingerprint density at radius 1 is 0.939 bits per heavy atom. The van der Waals surface area contributed by atoms with Crippen LogP contribution in [0.2, 0.25) is 0 Å². The molecule has 0 aliphatic carbocycles. The third-order valence-corrected chi connectivity index (χ3v) is 5.31. The molecule has 0 bridgehead atoms. The van der Waals surface area contributed by atoms with Gasteiger partial charge in [0, 0.05) is 11.4 Å². The third-order valence-electron chi connectivity index (χ3n) is 5.31. The van der Waals surface area contributed by atoms with E-state index in [1.807, 2.05) is 0 Å². The number of hydrogen-bond acceptors (Lipinski definition) is 10. The highest BCUT2D eigenvalue weighted by Crippen LogP contribution is 2.50. The fourth-order valence-corrected chi connectivity index (χ4v) is 4.01. The average molecular weight is 461 g/mol. The molecule has 2 aliphatic heterocycles. The van der Waals surface area contributed by atoms with Crippen LogP contribution < -0.4 is 19.5 Å². The van der Waals surface area contributed by atoms with E-state index in [1.54, 1.807) is 27.7 Å². The van der Waals surface area contributed by atoms with E-state index in [9.17, 15) is 14.4 Å². The first-order valence-corrected chi connectivity index (χ1v) is 10.4. The molecule has 0 saturated carbocycles. The summed E-state index contributed by atoms with van der Waals surface area (Å²) < 4.78 is 32.1. The number of benzene rings is 1. The van der Waals surface area contributed by atoms with Crippen LogP contribution >= 0.6 is 0 Å². The molecule has 33 heavy (non-hydrogen) atoms. The molecule has 0 saturated heterocycles. The molecule has 0 amide bonds. The van der Waals surface area contributed by atoms with Gasteiger partial charge in [-0.05, 0) is 39.3 Å². The summed E-state index contributed by atoms with van der Waals surface area (Å²) in [4.78, 5) is 39.1. The molecule has 2 aliphatic rings. The summed E-state index contributed by atoms with van der Waals surface area (Å²) in [5, 5.41) is 3.06.